The zero-order valence-electron chi connectivity index (χ0n) is 9.38. The highest BCUT2D eigenvalue weighted by Crippen LogP contribution is 2.18. The van der Waals surface area contributed by atoms with Gasteiger partial charge in [-0.25, -0.2) is 0 Å². The van der Waals surface area contributed by atoms with Gasteiger partial charge in [-0.3, -0.25) is 9.69 Å². The minimum absolute atomic E-state index is 0.183. The lowest BCUT2D eigenvalue weighted by Gasteiger charge is -2.34. The van der Waals surface area contributed by atoms with Crippen LogP contribution in [-0.2, 0) is 4.79 Å². The molecule has 1 unspecified atom stereocenters. The largest absolute Gasteiger partial charge is 0.298 e. The lowest BCUT2D eigenvalue weighted by Crippen LogP contribution is -2.44. The molecule has 0 aromatic rings. The van der Waals surface area contributed by atoms with Crippen molar-refractivity contribution < 1.29 is 4.79 Å². The first-order valence-corrected chi connectivity index (χ1v) is 5.50. The van der Waals surface area contributed by atoms with E-state index in [1.807, 2.05) is 6.92 Å². The molecule has 0 aromatic heterocycles. The Morgan fingerprint density at radius 1 is 1.43 bits per heavy atom. The third-order valence-electron chi connectivity index (χ3n) is 2.91. The zero-order chi connectivity index (χ0) is 10.6. The van der Waals surface area contributed by atoms with Crippen LogP contribution in [0, 0.1) is 0 Å². The fraction of sp³-hybridized carbons (Fsp3) is 0.750. The third kappa shape index (κ3) is 3.26. The second-order valence-electron chi connectivity index (χ2n) is 4.37. The molecule has 0 aromatic carbocycles. The standard InChI is InChI=1S/C12H21NO/c1-10(2)7-9-13-8-5-4-6-12(13)11(3)14/h12H,1,4-9H2,2-3H3. The maximum Gasteiger partial charge on any atom is 0.146 e. The Morgan fingerprint density at radius 3 is 2.71 bits per heavy atom. The van der Waals surface area contributed by atoms with Gasteiger partial charge < -0.3 is 0 Å². The highest BCUT2D eigenvalue weighted by atomic mass is 16.1. The number of rotatable bonds is 4. The zero-order valence-corrected chi connectivity index (χ0v) is 9.38. The van der Waals surface area contributed by atoms with Crippen LogP contribution in [0.4, 0.5) is 0 Å². The molecule has 0 aliphatic carbocycles. The van der Waals surface area contributed by atoms with Gasteiger partial charge in [0.2, 0.25) is 0 Å². The maximum atomic E-state index is 11.4. The summed E-state index contributed by atoms with van der Waals surface area (Å²) in [4.78, 5) is 13.7. The van der Waals surface area contributed by atoms with Gasteiger partial charge in [0, 0.05) is 6.54 Å². The minimum atomic E-state index is 0.183. The van der Waals surface area contributed by atoms with Crippen LogP contribution in [-0.4, -0.2) is 29.8 Å². The van der Waals surface area contributed by atoms with Crippen LogP contribution in [0.2, 0.25) is 0 Å². The van der Waals surface area contributed by atoms with E-state index in [2.05, 4.69) is 11.5 Å². The van der Waals surface area contributed by atoms with Gasteiger partial charge in [0.1, 0.15) is 5.78 Å². The molecule has 0 spiro atoms. The number of nitrogens with zero attached hydrogens (tertiary/aromatic N) is 1. The summed E-state index contributed by atoms with van der Waals surface area (Å²) >= 11 is 0. The second kappa shape index (κ2) is 5.30. The Balaban J connectivity index is 2.45. The van der Waals surface area contributed by atoms with E-state index in [1.165, 1.54) is 18.4 Å². The molecule has 1 atom stereocenters. The van der Waals surface area contributed by atoms with Crippen molar-refractivity contribution in [2.24, 2.45) is 0 Å². The number of likely N-dealkylation sites (tertiary alicyclic amines) is 1. The van der Waals surface area contributed by atoms with Crippen LogP contribution in [0.15, 0.2) is 12.2 Å². The summed E-state index contributed by atoms with van der Waals surface area (Å²) in [7, 11) is 0. The minimum Gasteiger partial charge on any atom is -0.298 e. The number of carbonyl (C=O) groups is 1. The Morgan fingerprint density at radius 2 is 2.14 bits per heavy atom. The SMILES string of the molecule is C=C(C)CCN1CCCCC1C(C)=O. The van der Waals surface area contributed by atoms with Gasteiger partial charge in [-0.05, 0) is 39.7 Å². The first kappa shape index (κ1) is 11.4. The van der Waals surface area contributed by atoms with Gasteiger partial charge in [0.05, 0.1) is 6.04 Å². The van der Waals surface area contributed by atoms with Crippen LogP contribution >= 0.6 is 0 Å². The molecular weight excluding hydrogens is 174 g/mol. The van der Waals surface area contributed by atoms with Crippen molar-refractivity contribution >= 4 is 5.78 Å². The van der Waals surface area contributed by atoms with E-state index in [1.54, 1.807) is 6.92 Å². The summed E-state index contributed by atoms with van der Waals surface area (Å²) in [5.74, 6) is 0.325. The topological polar surface area (TPSA) is 20.3 Å². The number of ketones is 1. The predicted molar refractivity (Wildman–Crippen MR) is 59.3 cm³/mol. The smallest absolute Gasteiger partial charge is 0.146 e. The van der Waals surface area contributed by atoms with E-state index in [0.29, 0.717) is 5.78 Å². The van der Waals surface area contributed by atoms with Crippen LogP contribution in [0.1, 0.15) is 39.5 Å². The molecule has 1 aliphatic heterocycles. The highest BCUT2D eigenvalue weighted by molar-refractivity contribution is 5.81. The predicted octanol–water partition coefficient (Wildman–Crippen LogP) is 2.40. The van der Waals surface area contributed by atoms with Crippen molar-refractivity contribution in [2.75, 3.05) is 13.1 Å². The van der Waals surface area contributed by atoms with Crippen LogP contribution in [0.3, 0.4) is 0 Å². The summed E-state index contributed by atoms with van der Waals surface area (Å²) in [6.45, 7) is 9.74. The van der Waals surface area contributed by atoms with E-state index < -0.39 is 0 Å². The summed E-state index contributed by atoms with van der Waals surface area (Å²) in [6, 6.07) is 0.183. The fourth-order valence-electron chi connectivity index (χ4n) is 2.05. The molecule has 14 heavy (non-hydrogen) atoms. The molecule has 1 rings (SSSR count). The summed E-state index contributed by atoms with van der Waals surface area (Å²) in [5, 5.41) is 0. The average molecular weight is 195 g/mol. The van der Waals surface area contributed by atoms with Crippen molar-refractivity contribution in [3.8, 4) is 0 Å². The lowest BCUT2D eigenvalue weighted by molar-refractivity contribution is -0.123. The molecule has 2 heteroatoms. The molecule has 0 bridgehead atoms. The Hall–Kier alpha value is -0.630. The van der Waals surface area contributed by atoms with Crippen LogP contribution in [0.25, 0.3) is 0 Å². The first-order valence-electron chi connectivity index (χ1n) is 5.50. The molecule has 1 heterocycles. The Bertz CT molecular complexity index is 222. The highest BCUT2D eigenvalue weighted by Gasteiger charge is 2.25. The van der Waals surface area contributed by atoms with Gasteiger partial charge in [-0.15, -0.1) is 6.58 Å². The lowest BCUT2D eigenvalue weighted by atomic mass is 9.98. The van der Waals surface area contributed by atoms with Crippen molar-refractivity contribution in [1.29, 1.82) is 0 Å². The average Bonchev–Trinajstić information content (AvgIpc) is 2.15. The Kier molecular flexibility index (Phi) is 4.33. The van der Waals surface area contributed by atoms with Crippen molar-refractivity contribution in [2.45, 2.75) is 45.6 Å². The fourth-order valence-corrected chi connectivity index (χ4v) is 2.05. The number of piperidine rings is 1. The van der Waals surface area contributed by atoms with Gasteiger partial charge in [0.25, 0.3) is 0 Å². The van der Waals surface area contributed by atoms with Gasteiger partial charge in [-0.1, -0.05) is 12.0 Å². The van der Waals surface area contributed by atoms with Crippen molar-refractivity contribution in [1.82, 2.24) is 4.90 Å². The molecule has 1 saturated heterocycles. The van der Waals surface area contributed by atoms with Crippen LogP contribution < -0.4 is 0 Å². The molecule has 80 valence electrons. The monoisotopic (exact) mass is 195 g/mol. The quantitative estimate of drug-likeness (QED) is 0.642. The Labute approximate surface area is 87.0 Å². The summed E-state index contributed by atoms with van der Waals surface area (Å²) in [5.41, 5.74) is 1.21. The molecule has 0 N–H and O–H groups in total. The van der Waals surface area contributed by atoms with E-state index in [0.717, 1.165) is 25.9 Å². The van der Waals surface area contributed by atoms with Crippen molar-refractivity contribution in [3.63, 3.8) is 0 Å². The molecule has 2 nitrogen and oxygen atoms in total. The number of hydrogen-bond donors (Lipinski definition) is 0. The van der Waals surface area contributed by atoms with Crippen LogP contribution in [0.5, 0.6) is 0 Å². The number of carbonyl (C=O) groups excluding carboxylic acids is 1. The third-order valence-corrected chi connectivity index (χ3v) is 2.91. The van der Waals surface area contributed by atoms with E-state index in [4.69, 9.17) is 0 Å². The van der Waals surface area contributed by atoms with Crippen molar-refractivity contribution in [3.05, 3.63) is 12.2 Å². The maximum absolute atomic E-state index is 11.4. The number of Topliss-reactive ketones (excluding diaryl/α,β-unsaturated/α-hetero) is 1. The first-order chi connectivity index (χ1) is 6.61. The summed E-state index contributed by atoms with van der Waals surface area (Å²) in [6.07, 6.45) is 4.50. The number of hydrogen-bond acceptors (Lipinski definition) is 2. The molecular formula is C12H21NO. The van der Waals surface area contributed by atoms with Gasteiger partial charge in [0.15, 0.2) is 0 Å². The molecule has 0 amide bonds. The van der Waals surface area contributed by atoms with E-state index in [9.17, 15) is 4.79 Å². The molecule has 0 radical (unpaired) electrons. The molecule has 1 fully saturated rings. The normalized spacial score (nSPS) is 23.4. The molecule has 1 aliphatic rings. The van der Waals surface area contributed by atoms with E-state index >= 15 is 0 Å². The second-order valence-corrected chi connectivity index (χ2v) is 4.37. The van der Waals surface area contributed by atoms with Gasteiger partial charge in [-0.2, -0.15) is 0 Å². The van der Waals surface area contributed by atoms with E-state index in [-0.39, 0.29) is 6.04 Å². The van der Waals surface area contributed by atoms with Gasteiger partial charge >= 0.3 is 0 Å². The summed E-state index contributed by atoms with van der Waals surface area (Å²) < 4.78 is 0. The molecule has 0 saturated carbocycles.